The normalized spacial score (nSPS) is 8.71. The monoisotopic (exact) mass is 96.1 g/mol. The van der Waals surface area contributed by atoms with Crippen LogP contribution in [0.3, 0.4) is 0 Å². The molecule has 0 aliphatic rings. The predicted octanol–water partition coefficient (Wildman–Crippen LogP) is 0.942. The summed E-state index contributed by atoms with van der Waals surface area (Å²) in [4.78, 5) is 10.1. The maximum atomic E-state index is 10.1. The summed E-state index contributed by atoms with van der Waals surface area (Å²) in [6, 6.07) is 0. The van der Waals surface area contributed by atoms with Crippen LogP contribution >= 0.6 is 0 Å². The zero-order valence-electron chi connectivity index (χ0n) is 4.61. The summed E-state index contributed by atoms with van der Waals surface area (Å²) in [7, 11) is 5.12. The molecular weight excluding hydrogens is 86.9 g/mol. The van der Waals surface area contributed by atoms with Crippen molar-refractivity contribution in [2.75, 3.05) is 0 Å². The van der Waals surface area contributed by atoms with Gasteiger partial charge in [0.25, 0.3) is 0 Å². The van der Waals surface area contributed by atoms with Crippen LogP contribution < -0.4 is 0 Å². The lowest BCUT2D eigenvalue weighted by Crippen LogP contribution is -1.87. The van der Waals surface area contributed by atoms with Crippen LogP contribution in [-0.4, -0.2) is 13.6 Å². The van der Waals surface area contributed by atoms with Gasteiger partial charge < -0.3 is 4.79 Å². The average molecular weight is 95.9 g/mol. The molecule has 0 unspecified atom stereocenters. The SMILES string of the molecule is [B]CCCC(C)=O. The molecule has 0 N–H and O–H groups in total. The minimum atomic E-state index is 0.227. The van der Waals surface area contributed by atoms with Crippen molar-refractivity contribution in [2.45, 2.75) is 26.1 Å². The Morgan fingerprint density at radius 1 is 1.71 bits per heavy atom. The zero-order chi connectivity index (χ0) is 5.70. The quantitative estimate of drug-likeness (QED) is 0.478. The van der Waals surface area contributed by atoms with Crippen molar-refractivity contribution in [1.29, 1.82) is 0 Å². The summed E-state index contributed by atoms with van der Waals surface area (Å²) >= 11 is 0. The first kappa shape index (κ1) is 6.73. The standard InChI is InChI=1S/C5H9BO/c1-5(7)3-2-4-6/h2-4H2,1H3. The fraction of sp³-hybridized carbons (Fsp3) is 0.800. The van der Waals surface area contributed by atoms with Crippen molar-refractivity contribution in [2.24, 2.45) is 0 Å². The fourth-order valence-corrected chi connectivity index (χ4v) is 0.351. The Bertz CT molecular complexity index is 61.1. The first-order chi connectivity index (χ1) is 3.27. The Hall–Kier alpha value is -0.265. The first-order valence-electron chi connectivity index (χ1n) is 2.47. The van der Waals surface area contributed by atoms with E-state index in [2.05, 4.69) is 0 Å². The van der Waals surface area contributed by atoms with Crippen LogP contribution in [0.4, 0.5) is 0 Å². The molecule has 38 valence electrons. The number of rotatable bonds is 3. The Morgan fingerprint density at radius 2 is 2.29 bits per heavy atom. The van der Waals surface area contributed by atoms with Crippen molar-refractivity contribution in [1.82, 2.24) is 0 Å². The maximum Gasteiger partial charge on any atom is 0.129 e. The highest BCUT2D eigenvalue weighted by atomic mass is 16.1. The van der Waals surface area contributed by atoms with Crippen molar-refractivity contribution in [3.8, 4) is 0 Å². The van der Waals surface area contributed by atoms with Crippen LogP contribution in [0.2, 0.25) is 6.32 Å². The lowest BCUT2D eigenvalue weighted by atomic mass is 9.99. The van der Waals surface area contributed by atoms with E-state index in [-0.39, 0.29) is 5.78 Å². The maximum absolute atomic E-state index is 10.1. The summed E-state index contributed by atoms with van der Waals surface area (Å²) in [5.41, 5.74) is 0. The van der Waals surface area contributed by atoms with Crippen molar-refractivity contribution < 1.29 is 4.79 Å². The number of Topliss-reactive ketones (excluding diaryl/α,β-unsaturated/α-hetero) is 1. The molecule has 0 saturated heterocycles. The number of carbonyl (C=O) groups excluding carboxylic acids is 1. The van der Waals surface area contributed by atoms with Crippen LogP contribution in [0.15, 0.2) is 0 Å². The van der Waals surface area contributed by atoms with Crippen molar-refractivity contribution in [3.05, 3.63) is 0 Å². The molecule has 0 saturated carbocycles. The molecule has 0 atom stereocenters. The number of hydrogen-bond acceptors (Lipinski definition) is 1. The first-order valence-corrected chi connectivity index (χ1v) is 2.47. The summed E-state index contributed by atoms with van der Waals surface area (Å²) < 4.78 is 0. The molecule has 0 amide bonds. The van der Waals surface area contributed by atoms with Crippen molar-refractivity contribution >= 4 is 13.6 Å². The van der Waals surface area contributed by atoms with Gasteiger partial charge in [-0.25, -0.2) is 0 Å². The fourth-order valence-electron chi connectivity index (χ4n) is 0.351. The van der Waals surface area contributed by atoms with Gasteiger partial charge in [-0.3, -0.25) is 0 Å². The minimum absolute atomic E-state index is 0.227. The van der Waals surface area contributed by atoms with Gasteiger partial charge in [0.2, 0.25) is 0 Å². The van der Waals surface area contributed by atoms with E-state index < -0.39 is 0 Å². The highest BCUT2D eigenvalue weighted by Crippen LogP contribution is 1.91. The van der Waals surface area contributed by atoms with E-state index in [0.29, 0.717) is 12.7 Å². The lowest BCUT2D eigenvalue weighted by molar-refractivity contribution is -0.117. The molecule has 7 heavy (non-hydrogen) atoms. The van der Waals surface area contributed by atoms with Crippen LogP contribution in [0, 0.1) is 0 Å². The third-order valence-electron chi connectivity index (χ3n) is 0.733. The van der Waals surface area contributed by atoms with Gasteiger partial charge >= 0.3 is 0 Å². The molecule has 2 radical (unpaired) electrons. The van der Waals surface area contributed by atoms with Crippen LogP contribution in [0.5, 0.6) is 0 Å². The highest BCUT2D eigenvalue weighted by Gasteiger charge is 1.87. The number of hydrogen-bond donors (Lipinski definition) is 0. The van der Waals surface area contributed by atoms with Gasteiger partial charge in [0, 0.05) is 6.42 Å². The van der Waals surface area contributed by atoms with Gasteiger partial charge in [-0.05, 0) is 6.92 Å². The molecule has 0 bridgehead atoms. The molecule has 0 aromatic heterocycles. The molecule has 0 aliphatic carbocycles. The molecule has 0 heterocycles. The van der Waals surface area contributed by atoms with Gasteiger partial charge in [-0.1, -0.05) is 12.7 Å². The molecule has 0 aromatic rings. The van der Waals surface area contributed by atoms with E-state index in [1.165, 1.54) is 0 Å². The summed E-state index contributed by atoms with van der Waals surface area (Å²) in [5, 5.41) is 0. The minimum Gasteiger partial charge on any atom is -0.300 e. The zero-order valence-corrected chi connectivity index (χ0v) is 4.61. The predicted molar refractivity (Wildman–Crippen MR) is 30.5 cm³/mol. The third kappa shape index (κ3) is 5.73. The largest absolute Gasteiger partial charge is 0.300 e. The van der Waals surface area contributed by atoms with Crippen molar-refractivity contribution in [3.63, 3.8) is 0 Å². The Morgan fingerprint density at radius 3 is 2.43 bits per heavy atom. The van der Waals surface area contributed by atoms with E-state index >= 15 is 0 Å². The molecular formula is C5H9BO. The second-order valence-corrected chi connectivity index (χ2v) is 1.59. The molecule has 0 spiro atoms. The Kier molecular flexibility index (Phi) is 3.76. The van der Waals surface area contributed by atoms with E-state index in [1.54, 1.807) is 6.92 Å². The molecule has 0 aliphatic heterocycles. The number of ketones is 1. The molecule has 0 rings (SSSR count). The summed E-state index contributed by atoms with van der Waals surface area (Å²) in [5.74, 6) is 0.227. The van der Waals surface area contributed by atoms with Gasteiger partial charge in [0.15, 0.2) is 0 Å². The second kappa shape index (κ2) is 3.91. The topological polar surface area (TPSA) is 17.1 Å². The van der Waals surface area contributed by atoms with E-state index in [9.17, 15) is 4.79 Å². The number of carbonyl (C=O) groups is 1. The molecule has 0 fully saturated rings. The van der Waals surface area contributed by atoms with Gasteiger partial charge in [0.05, 0.1) is 7.85 Å². The molecule has 2 heteroatoms. The second-order valence-electron chi connectivity index (χ2n) is 1.59. The third-order valence-corrected chi connectivity index (χ3v) is 0.733. The van der Waals surface area contributed by atoms with Crippen LogP contribution in [0.25, 0.3) is 0 Å². The van der Waals surface area contributed by atoms with Gasteiger partial charge in [-0.15, -0.1) is 0 Å². The van der Waals surface area contributed by atoms with Gasteiger partial charge in [-0.2, -0.15) is 0 Å². The molecule has 0 aromatic carbocycles. The smallest absolute Gasteiger partial charge is 0.129 e. The Labute approximate surface area is 45.5 Å². The molecule has 1 nitrogen and oxygen atoms in total. The summed E-state index contributed by atoms with van der Waals surface area (Å²) in [6.07, 6.45) is 2.09. The Balaban J connectivity index is 2.82. The van der Waals surface area contributed by atoms with E-state index in [0.717, 1.165) is 6.42 Å². The van der Waals surface area contributed by atoms with E-state index in [1.807, 2.05) is 0 Å². The van der Waals surface area contributed by atoms with E-state index in [4.69, 9.17) is 7.85 Å². The lowest BCUT2D eigenvalue weighted by Gasteiger charge is -1.86. The summed E-state index contributed by atoms with van der Waals surface area (Å²) in [6.45, 7) is 1.58. The van der Waals surface area contributed by atoms with Gasteiger partial charge in [0.1, 0.15) is 5.78 Å². The highest BCUT2D eigenvalue weighted by molar-refractivity contribution is 6.08. The van der Waals surface area contributed by atoms with Crippen LogP contribution in [-0.2, 0) is 4.79 Å². The van der Waals surface area contributed by atoms with Crippen LogP contribution in [0.1, 0.15) is 19.8 Å². The average Bonchev–Trinajstić information content (AvgIpc) is 1.61.